The molecule has 0 amide bonds. The van der Waals surface area contributed by atoms with Gasteiger partial charge in [-0.25, -0.2) is 9.18 Å². The summed E-state index contributed by atoms with van der Waals surface area (Å²) < 4.78 is 20.9. The summed E-state index contributed by atoms with van der Waals surface area (Å²) in [6.07, 6.45) is 1.36. The summed E-state index contributed by atoms with van der Waals surface area (Å²) in [7, 11) is 0. The number of pyridine rings is 1. The van der Waals surface area contributed by atoms with Crippen molar-refractivity contribution in [2.45, 2.75) is 26.8 Å². The lowest BCUT2D eigenvalue weighted by Gasteiger charge is -2.25. The second-order valence-corrected chi connectivity index (χ2v) is 6.94. The van der Waals surface area contributed by atoms with E-state index in [0.29, 0.717) is 5.52 Å². The van der Waals surface area contributed by atoms with Crippen LogP contribution in [0.25, 0.3) is 10.9 Å². The fourth-order valence-electron chi connectivity index (χ4n) is 2.59. The highest BCUT2D eigenvalue weighted by atomic mass is 127. The Kier molecular flexibility index (Phi) is 5.97. The van der Waals surface area contributed by atoms with Crippen LogP contribution in [-0.2, 0) is 4.74 Å². The molecule has 1 heterocycles. The zero-order valence-electron chi connectivity index (χ0n) is 13.7. The van der Waals surface area contributed by atoms with E-state index in [0.717, 1.165) is 0 Å². The summed E-state index contributed by atoms with van der Waals surface area (Å²) >= 11 is 1.80. The van der Waals surface area contributed by atoms with Crippen LogP contribution in [0.2, 0.25) is 0 Å². The molecular weight excluding hydrogens is 428 g/mol. The van der Waals surface area contributed by atoms with Crippen LogP contribution in [0.15, 0.2) is 23.1 Å². The predicted octanol–water partition coefficient (Wildman–Crippen LogP) is 3.11. The number of benzene rings is 1. The van der Waals surface area contributed by atoms with Crippen molar-refractivity contribution in [1.82, 2.24) is 4.57 Å². The maximum absolute atomic E-state index is 14.0. The molecule has 0 saturated heterocycles. The second kappa shape index (κ2) is 7.60. The van der Waals surface area contributed by atoms with Crippen molar-refractivity contribution in [3.63, 3.8) is 0 Å². The fourth-order valence-corrected chi connectivity index (χ4v) is 3.06. The minimum absolute atomic E-state index is 0.0121. The van der Waals surface area contributed by atoms with Gasteiger partial charge in [0.2, 0.25) is 5.43 Å². The van der Waals surface area contributed by atoms with Crippen molar-refractivity contribution >= 4 is 39.5 Å². The van der Waals surface area contributed by atoms with Gasteiger partial charge in [0, 0.05) is 15.2 Å². The van der Waals surface area contributed by atoms with Crippen LogP contribution in [0, 0.1) is 15.3 Å². The number of aromatic nitrogens is 1. The van der Waals surface area contributed by atoms with Gasteiger partial charge >= 0.3 is 5.97 Å². The summed E-state index contributed by atoms with van der Waals surface area (Å²) in [6, 6.07) is 2.28. The molecule has 7 heteroatoms. The lowest BCUT2D eigenvalue weighted by atomic mass is 10.0. The van der Waals surface area contributed by atoms with E-state index in [1.165, 1.54) is 18.3 Å². The SMILES string of the molecule is CCOC(=O)c1cn([C@@H](CO)C(C)C)c2cc(F)c(I)cc2c1=O. The Morgan fingerprint density at radius 2 is 2.08 bits per heavy atom. The number of carbonyl (C=O) groups is 1. The third-order valence-electron chi connectivity index (χ3n) is 3.88. The van der Waals surface area contributed by atoms with E-state index in [4.69, 9.17) is 4.74 Å². The van der Waals surface area contributed by atoms with Crippen LogP contribution in [0.1, 0.15) is 37.2 Å². The van der Waals surface area contributed by atoms with Crippen molar-refractivity contribution in [3.8, 4) is 0 Å². The Hall–Kier alpha value is -1.48. The second-order valence-electron chi connectivity index (χ2n) is 5.78. The summed E-state index contributed by atoms with van der Waals surface area (Å²) in [4.78, 5) is 24.8. The quantitative estimate of drug-likeness (QED) is 0.565. The molecule has 0 unspecified atom stereocenters. The van der Waals surface area contributed by atoms with E-state index >= 15 is 0 Å². The van der Waals surface area contributed by atoms with E-state index < -0.39 is 23.3 Å². The molecule has 0 fully saturated rings. The molecule has 0 bridgehead atoms. The number of carbonyl (C=O) groups excluding carboxylic acids is 1. The van der Waals surface area contributed by atoms with Gasteiger partial charge in [-0.1, -0.05) is 13.8 Å². The van der Waals surface area contributed by atoms with E-state index in [9.17, 15) is 19.1 Å². The minimum Gasteiger partial charge on any atom is -0.462 e. The van der Waals surface area contributed by atoms with Crippen molar-refractivity contribution in [2.75, 3.05) is 13.2 Å². The van der Waals surface area contributed by atoms with Crippen molar-refractivity contribution < 1.29 is 19.0 Å². The van der Waals surface area contributed by atoms with Crippen molar-refractivity contribution in [3.05, 3.63) is 43.5 Å². The van der Waals surface area contributed by atoms with E-state index in [-0.39, 0.29) is 33.7 Å². The molecule has 2 aromatic rings. The van der Waals surface area contributed by atoms with Crippen LogP contribution in [0.5, 0.6) is 0 Å². The molecule has 1 atom stereocenters. The van der Waals surface area contributed by atoms with Gasteiger partial charge in [-0.2, -0.15) is 0 Å². The molecule has 0 aliphatic carbocycles. The van der Waals surface area contributed by atoms with Gasteiger partial charge in [0.05, 0.1) is 24.8 Å². The number of aliphatic hydroxyl groups is 1. The van der Waals surface area contributed by atoms with Crippen LogP contribution in [0.3, 0.4) is 0 Å². The first-order valence-electron chi connectivity index (χ1n) is 7.63. The molecule has 1 aromatic carbocycles. The van der Waals surface area contributed by atoms with Crippen LogP contribution >= 0.6 is 22.6 Å². The first-order valence-corrected chi connectivity index (χ1v) is 8.71. The highest BCUT2D eigenvalue weighted by molar-refractivity contribution is 14.1. The van der Waals surface area contributed by atoms with E-state index in [1.54, 1.807) is 34.1 Å². The Morgan fingerprint density at radius 1 is 1.42 bits per heavy atom. The lowest BCUT2D eigenvalue weighted by molar-refractivity contribution is 0.0523. The Labute approximate surface area is 152 Å². The molecule has 0 spiro atoms. The standard InChI is InChI=1S/C17H19FINO4/c1-4-24-17(23)11-7-20(15(8-21)9(2)3)14-6-12(18)13(19)5-10(14)16(11)22/h5-7,9,15,21H,4,8H2,1-3H3/t15-/m0/s1. The summed E-state index contributed by atoms with van der Waals surface area (Å²) in [6.45, 7) is 5.40. The molecule has 0 aliphatic heterocycles. The Bertz CT molecular complexity index is 831. The largest absolute Gasteiger partial charge is 0.462 e. The molecule has 0 aliphatic rings. The summed E-state index contributed by atoms with van der Waals surface area (Å²) in [5.41, 5.74) is -0.275. The number of hydrogen-bond donors (Lipinski definition) is 1. The lowest BCUT2D eigenvalue weighted by Crippen LogP contribution is -2.26. The molecule has 24 heavy (non-hydrogen) atoms. The minimum atomic E-state index is -0.724. The molecule has 1 N–H and O–H groups in total. The molecule has 0 radical (unpaired) electrons. The monoisotopic (exact) mass is 447 g/mol. The van der Waals surface area contributed by atoms with Gasteiger partial charge in [-0.15, -0.1) is 0 Å². The highest BCUT2D eigenvalue weighted by Gasteiger charge is 2.22. The molecule has 2 rings (SSSR count). The molecule has 130 valence electrons. The number of hydrogen-bond acceptors (Lipinski definition) is 4. The normalized spacial score (nSPS) is 12.6. The van der Waals surface area contributed by atoms with Gasteiger partial charge in [-0.05, 0) is 47.6 Å². The third-order valence-corrected chi connectivity index (χ3v) is 4.71. The van der Waals surface area contributed by atoms with Gasteiger partial charge < -0.3 is 14.4 Å². The average Bonchev–Trinajstić information content (AvgIpc) is 2.52. The average molecular weight is 447 g/mol. The first-order chi connectivity index (χ1) is 11.3. The summed E-state index contributed by atoms with van der Waals surface area (Å²) in [5, 5.41) is 9.95. The molecule has 0 saturated carbocycles. The number of esters is 1. The number of aliphatic hydroxyl groups excluding tert-OH is 1. The fraction of sp³-hybridized carbons (Fsp3) is 0.412. The maximum atomic E-state index is 14.0. The van der Waals surface area contributed by atoms with Gasteiger partial charge in [0.1, 0.15) is 11.4 Å². The zero-order valence-corrected chi connectivity index (χ0v) is 15.8. The molecule has 5 nitrogen and oxygen atoms in total. The zero-order chi connectivity index (χ0) is 18.0. The smallest absolute Gasteiger partial charge is 0.343 e. The van der Waals surface area contributed by atoms with Gasteiger partial charge in [0.15, 0.2) is 0 Å². The highest BCUT2D eigenvalue weighted by Crippen LogP contribution is 2.25. The first kappa shape index (κ1) is 18.9. The number of ether oxygens (including phenoxy) is 1. The van der Waals surface area contributed by atoms with Crippen LogP contribution in [0.4, 0.5) is 4.39 Å². The number of fused-ring (bicyclic) bond motifs is 1. The maximum Gasteiger partial charge on any atom is 0.343 e. The molecule has 1 aromatic heterocycles. The van der Waals surface area contributed by atoms with E-state index in [2.05, 4.69) is 0 Å². The molecular formula is C17H19FINO4. The topological polar surface area (TPSA) is 68.5 Å². The van der Waals surface area contributed by atoms with Gasteiger partial charge in [-0.3, -0.25) is 4.79 Å². The van der Waals surface area contributed by atoms with E-state index in [1.807, 2.05) is 13.8 Å². The third kappa shape index (κ3) is 3.46. The predicted molar refractivity (Wildman–Crippen MR) is 97.8 cm³/mol. The van der Waals surface area contributed by atoms with Gasteiger partial charge in [0.25, 0.3) is 0 Å². The van der Waals surface area contributed by atoms with Crippen LogP contribution in [-0.4, -0.2) is 28.9 Å². The number of rotatable bonds is 5. The Balaban J connectivity index is 2.88. The number of nitrogens with zero attached hydrogens (tertiary/aromatic N) is 1. The van der Waals surface area contributed by atoms with Crippen molar-refractivity contribution in [1.29, 1.82) is 0 Å². The summed E-state index contributed by atoms with van der Waals surface area (Å²) in [5.74, 6) is -1.17. The Morgan fingerprint density at radius 3 is 2.62 bits per heavy atom. The number of halogens is 2. The van der Waals surface area contributed by atoms with Crippen LogP contribution < -0.4 is 5.43 Å². The van der Waals surface area contributed by atoms with Crippen molar-refractivity contribution in [2.24, 2.45) is 5.92 Å².